The first-order valence-corrected chi connectivity index (χ1v) is 10.9. The molecule has 31 heavy (non-hydrogen) atoms. The minimum Gasteiger partial charge on any atom is -0.385 e. The van der Waals surface area contributed by atoms with E-state index in [1.807, 2.05) is 17.0 Å². The number of hydrogen-bond donors (Lipinski definition) is 4. The van der Waals surface area contributed by atoms with Crippen molar-refractivity contribution in [2.24, 2.45) is 11.5 Å². The van der Waals surface area contributed by atoms with Crippen molar-refractivity contribution in [3.63, 3.8) is 0 Å². The third-order valence-corrected chi connectivity index (χ3v) is 6.10. The molecule has 0 radical (unpaired) electrons. The van der Waals surface area contributed by atoms with E-state index in [2.05, 4.69) is 42.1 Å². The van der Waals surface area contributed by atoms with E-state index in [-0.39, 0.29) is 17.0 Å². The zero-order valence-corrected chi connectivity index (χ0v) is 18.5. The van der Waals surface area contributed by atoms with Crippen molar-refractivity contribution in [2.45, 2.75) is 63.5 Å². The second-order valence-electron chi connectivity index (χ2n) is 9.85. The summed E-state index contributed by atoms with van der Waals surface area (Å²) in [5.41, 5.74) is 13.8. The normalized spacial score (nSPS) is 20.4. The number of nitrogens with two attached hydrogens (primary N) is 2. The number of hydrogen-bond acceptors (Lipinski definition) is 7. The third kappa shape index (κ3) is 4.65. The Morgan fingerprint density at radius 1 is 1.29 bits per heavy atom. The Morgan fingerprint density at radius 2 is 2.03 bits per heavy atom. The molecule has 2 heterocycles. The molecule has 6 N–H and O–H groups in total. The molecule has 2 aromatic rings. The van der Waals surface area contributed by atoms with E-state index >= 15 is 0 Å². The Balaban J connectivity index is 1.72. The van der Waals surface area contributed by atoms with Crippen LogP contribution in [-0.4, -0.2) is 40.1 Å². The summed E-state index contributed by atoms with van der Waals surface area (Å²) < 4.78 is 0. The van der Waals surface area contributed by atoms with Gasteiger partial charge in [-0.1, -0.05) is 26.8 Å². The standard InChI is InChI=1S/C23H32N6O2/c1-22(2,3)14-9-15(23(31)6-7-23)11-17(10-14)27-20-18(19(25)30)12-26-21(28-20)29-8-4-5-16(24)13-29/h9-12,16,31H,4-8,13,24H2,1-3H3,(H2,25,30)(H,26,27,28)/t16-/m0/s1. The van der Waals surface area contributed by atoms with Gasteiger partial charge in [0.1, 0.15) is 11.4 Å². The van der Waals surface area contributed by atoms with Crippen LogP contribution in [0.2, 0.25) is 0 Å². The molecule has 8 heteroatoms. The Bertz CT molecular complexity index is 973. The van der Waals surface area contributed by atoms with E-state index in [4.69, 9.17) is 11.5 Å². The van der Waals surface area contributed by atoms with Gasteiger partial charge in [-0.3, -0.25) is 4.79 Å². The molecule has 4 rings (SSSR count). The van der Waals surface area contributed by atoms with Gasteiger partial charge in [0, 0.05) is 31.0 Å². The molecule has 166 valence electrons. The summed E-state index contributed by atoms with van der Waals surface area (Å²) in [6.07, 6.45) is 4.92. The van der Waals surface area contributed by atoms with E-state index in [9.17, 15) is 9.90 Å². The number of primary amides is 1. The smallest absolute Gasteiger partial charge is 0.254 e. The number of piperidine rings is 1. The summed E-state index contributed by atoms with van der Waals surface area (Å²) in [6.45, 7) is 7.88. The molecule has 1 saturated heterocycles. The number of nitrogens with one attached hydrogen (secondary N) is 1. The van der Waals surface area contributed by atoms with Crippen LogP contribution in [0.1, 0.15) is 67.9 Å². The predicted octanol–water partition coefficient (Wildman–Crippen LogP) is 2.53. The van der Waals surface area contributed by atoms with Gasteiger partial charge in [-0.25, -0.2) is 4.98 Å². The summed E-state index contributed by atoms with van der Waals surface area (Å²) in [5.74, 6) is 0.282. The maximum atomic E-state index is 12.0. The molecule has 8 nitrogen and oxygen atoms in total. The Kier molecular flexibility index (Phi) is 5.39. The maximum Gasteiger partial charge on any atom is 0.254 e. The molecule has 1 saturated carbocycles. The van der Waals surface area contributed by atoms with Crippen LogP contribution in [-0.2, 0) is 11.0 Å². The number of aromatic nitrogens is 2. The summed E-state index contributed by atoms with van der Waals surface area (Å²) in [4.78, 5) is 23.1. The highest BCUT2D eigenvalue weighted by molar-refractivity contribution is 5.98. The number of carbonyl (C=O) groups is 1. The zero-order valence-electron chi connectivity index (χ0n) is 18.5. The monoisotopic (exact) mass is 424 g/mol. The topological polar surface area (TPSA) is 130 Å². The van der Waals surface area contributed by atoms with Crippen LogP contribution in [0.3, 0.4) is 0 Å². The second-order valence-corrected chi connectivity index (χ2v) is 9.85. The highest BCUT2D eigenvalue weighted by Crippen LogP contribution is 2.47. The summed E-state index contributed by atoms with van der Waals surface area (Å²) in [6, 6.07) is 6.09. The van der Waals surface area contributed by atoms with Gasteiger partial charge in [0.05, 0.1) is 5.60 Å². The van der Waals surface area contributed by atoms with Crippen LogP contribution < -0.4 is 21.7 Å². The molecule has 1 aromatic carbocycles. The van der Waals surface area contributed by atoms with E-state index in [0.29, 0.717) is 18.3 Å². The molecular weight excluding hydrogens is 392 g/mol. The molecule has 0 spiro atoms. The lowest BCUT2D eigenvalue weighted by molar-refractivity contribution is 0.100. The van der Waals surface area contributed by atoms with Crippen molar-refractivity contribution >= 4 is 23.4 Å². The Morgan fingerprint density at radius 3 is 2.65 bits per heavy atom. The average molecular weight is 425 g/mol. The Hall–Kier alpha value is -2.71. The van der Waals surface area contributed by atoms with Gasteiger partial charge in [0.25, 0.3) is 5.91 Å². The molecule has 1 aromatic heterocycles. The number of anilines is 3. The minimum atomic E-state index is -0.773. The lowest BCUT2D eigenvalue weighted by atomic mass is 9.85. The first-order chi connectivity index (χ1) is 14.5. The quantitative estimate of drug-likeness (QED) is 0.580. The van der Waals surface area contributed by atoms with E-state index in [1.54, 1.807) is 0 Å². The third-order valence-electron chi connectivity index (χ3n) is 6.10. The number of amides is 1. The highest BCUT2D eigenvalue weighted by Gasteiger charge is 2.42. The Labute approximate surface area is 183 Å². The molecule has 2 fully saturated rings. The SMILES string of the molecule is CC(C)(C)c1cc(Nc2nc(N3CCC[C@H](N)C3)ncc2C(N)=O)cc(C2(O)CC2)c1. The molecular formula is C23H32N6O2. The fourth-order valence-electron chi connectivity index (χ4n) is 3.94. The number of rotatable bonds is 5. The largest absolute Gasteiger partial charge is 0.385 e. The van der Waals surface area contributed by atoms with Crippen LogP contribution in [0.25, 0.3) is 0 Å². The predicted molar refractivity (Wildman–Crippen MR) is 122 cm³/mol. The van der Waals surface area contributed by atoms with Gasteiger partial charge in [0.15, 0.2) is 0 Å². The van der Waals surface area contributed by atoms with Crippen LogP contribution in [0.5, 0.6) is 0 Å². The van der Waals surface area contributed by atoms with Gasteiger partial charge in [0.2, 0.25) is 5.95 Å². The van der Waals surface area contributed by atoms with E-state index < -0.39 is 11.5 Å². The van der Waals surface area contributed by atoms with Gasteiger partial charge in [-0.2, -0.15) is 4.98 Å². The lowest BCUT2D eigenvalue weighted by Crippen LogP contribution is -2.43. The fourth-order valence-corrected chi connectivity index (χ4v) is 3.94. The van der Waals surface area contributed by atoms with Crippen LogP contribution in [0.15, 0.2) is 24.4 Å². The highest BCUT2D eigenvalue weighted by atomic mass is 16.3. The molecule has 1 aliphatic carbocycles. The lowest BCUT2D eigenvalue weighted by Gasteiger charge is -2.31. The number of nitrogens with zero attached hydrogens (tertiary/aromatic N) is 3. The number of carbonyl (C=O) groups excluding carboxylic acids is 1. The zero-order chi connectivity index (χ0) is 22.4. The van der Waals surface area contributed by atoms with Gasteiger partial charge in [-0.05, 0) is 54.4 Å². The summed E-state index contributed by atoms with van der Waals surface area (Å²) in [7, 11) is 0. The summed E-state index contributed by atoms with van der Waals surface area (Å²) >= 11 is 0. The molecule has 0 unspecified atom stereocenters. The fraction of sp³-hybridized carbons (Fsp3) is 0.522. The van der Waals surface area contributed by atoms with Gasteiger partial charge in [-0.15, -0.1) is 0 Å². The van der Waals surface area contributed by atoms with Crippen molar-refractivity contribution in [1.29, 1.82) is 0 Å². The van der Waals surface area contributed by atoms with Crippen molar-refractivity contribution in [2.75, 3.05) is 23.3 Å². The molecule has 1 atom stereocenters. The van der Waals surface area contributed by atoms with Gasteiger partial charge >= 0.3 is 0 Å². The van der Waals surface area contributed by atoms with E-state index in [0.717, 1.165) is 49.0 Å². The number of benzene rings is 1. The minimum absolute atomic E-state index is 0.0786. The van der Waals surface area contributed by atoms with E-state index in [1.165, 1.54) is 6.20 Å². The van der Waals surface area contributed by atoms with Crippen molar-refractivity contribution in [3.8, 4) is 0 Å². The molecule has 1 aliphatic heterocycles. The first-order valence-electron chi connectivity index (χ1n) is 10.9. The van der Waals surface area contributed by atoms with Gasteiger partial charge < -0.3 is 26.8 Å². The van der Waals surface area contributed by atoms with Crippen LogP contribution in [0.4, 0.5) is 17.5 Å². The van der Waals surface area contributed by atoms with Crippen molar-refractivity contribution in [1.82, 2.24) is 9.97 Å². The molecule has 2 aliphatic rings. The first kappa shape index (κ1) is 21.5. The molecule has 1 amide bonds. The summed E-state index contributed by atoms with van der Waals surface area (Å²) in [5, 5.41) is 14.0. The van der Waals surface area contributed by atoms with Crippen molar-refractivity contribution < 1.29 is 9.90 Å². The van der Waals surface area contributed by atoms with Crippen LogP contribution in [0, 0.1) is 0 Å². The molecule has 0 bridgehead atoms. The number of aliphatic hydroxyl groups is 1. The maximum absolute atomic E-state index is 12.0. The average Bonchev–Trinajstić information content (AvgIpc) is 3.45. The second kappa shape index (κ2) is 7.76. The van der Waals surface area contributed by atoms with Crippen LogP contribution >= 0.6 is 0 Å². The van der Waals surface area contributed by atoms with Crippen molar-refractivity contribution in [3.05, 3.63) is 41.1 Å².